The Morgan fingerprint density at radius 3 is 2.30 bits per heavy atom. The highest BCUT2D eigenvalue weighted by Crippen LogP contribution is 2.37. The normalized spacial score (nSPS) is 11.8. The lowest BCUT2D eigenvalue weighted by Gasteiger charge is -2.11. The number of hydrogen-bond acceptors (Lipinski definition) is 6. The number of halogens is 2. The van der Waals surface area contributed by atoms with Gasteiger partial charge in [-0.05, 0) is 25.1 Å². The molecule has 0 radical (unpaired) electrons. The van der Waals surface area contributed by atoms with Gasteiger partial charge in [0.2, 0.25) is 6.79 Å². The Balaban J connectivity index is 1.67. The molecule has 7 nitrogen and oxygen atoms in total. The molecule has 1 heterocycles. The van der Waals surface area contributed by atoms with Crippen LogP contribution in [0, 0.1) is 11.6 Å². The first-order chi connectivity index (χ1) is 12.8. The molecular formula is C18H13F2NO6. The summed E-state index contributed by atoms with van der Waals surface area (Å²) in [4.78, 5) is 35.6. The molecule has 0 aliphatic carbocycles. The summed E-state index contributed by atoms with van der Waals surface area (Å²) in [6.07, 6.45) is 0. The van der Waals surface area contributed by atoms with E-state index in [2.05, 4.69) is 5.32 Å². The number of hydrogen-bond donors (Lipinski definition) is 1. The number of Topliss-reactive ketones (excluding diaryl/α,β-unsaturated/α-hetero) is 1. The van der Waals surface area contributed by atoms with Gasteiger partial charge in [0.15, 0.2) is 23.9 Å². The number of amides is 1. The molecule has 1 amide bonds. The Hall–Kier alpha value is -3.49. The van der Waals surface area contributed by atoms with Gasteiger partial charge >= 0.3 is 5.97 Å². The molecule has 0 unspecified atom stereocenters. The van der Waals surface area contributed by atoms with E-state index in [1.54, 1.807) is 0 Å². The number of nitrogens with one attached hydrogen (secondary N) is 1. The number of ether oxygens (including phenoxy) is 3. The lowest BCUT2D eigenvalue weighted by atomic mass is 10.1. The minimum absolute atomic E-state index is 0.00805. The van der Waals surface area contributed by atoms with Gasteiger partial charge in [0.25, 0.3) is 5.91 Å². The summed E-state index contributed by atoms with van der Waals surface area (Å²) in [5.74, 6) is -3.31. The Bertz CT molecular complexity index is 923. The van der Waals surface area contributed by atoms with Gasteiger partial charge in [-0.3, -0.25) is 9.59 Å². The smallest absolute Gasteiger partial charge is 0.338 e. The molecule has 3 rings (SSSR count). The molecule has 2 aromatic carbocycles. The van der Waals surface area contributed by atoms with Crippen LogP contribution in [-0.2, 0) is 9.53 Å². The van der Waals surface area contributed by atoms with Gasteiger partial charge in [-0.25, -0.2) is 13.6 Å². The van der Waals surface area contributed by atoms with Crippen molar-refractivity contribution in [3.8, 4) is 11.5 Å². The molecule has 0 aromatic heterocycles. The highest BCUT2D eigenvalue weighted by atomic mass is 19.1. The van der Waals surface area contributed by atoms with E-state index in [9.17, 15) is 23.2 Å². The topological polar surface area (TPSA) is 90.9 Å². The number of ketones is 1. The molecule has 0 saturated heterocycles. The van der Waals surface area contributed by atoms with Crippen LogP contribution in [0.1, 0.15) is 27.6 Å². The van der Waals surface area contributed by atoms with Crippen molar-refractivity contribution >= 4 is 23.3 Å². The quantitative estimate of drug-likeness (QED) is 0.636. The first-order valence-electron chi connectivity index (χ1n) is 7.71. The SMILES string of the molecule is CC(=O)c1cc2c(cc1NC(=O)COC(=O)c1cc(F)cc(F)c1)OCO2. The third-order valence-electron chi connectivity index (χ3n) is 3.60. The average Bonchev–Trinajstić information content (AvgIpc) is 3.05. The summed E-state index contributed by atoms with van der Waals surface area (Å²) in [7, 11) is 0. The van der Waals surface area contributed by atoms with Crippen LogP contribution < -0.4 is 14.8 Å². The molecule has 9 heteroatoms. The van der Waals surface area contributed by atoms with E-state index in [0.29, 0.717) is 17.6 Å². The van der Waals surface area contributed by atoms with Crippen molar-refractivity contribution in [2.45, 2.75) is 6.92 Å². The van der Waals surface area contributed by atoms with Gasteiger partial charge in [0, 0.05) is 17.7 Å². The molecule has 0 spiro atoms. The van der Waals surface area contributed by atoms with Gasteiger partial charge < -0.3 is 19.5 Å². The van der Waals surface area contributed by atoms with Crippen molar-refractivity contribution in [1.29, 1.82) is 0 Å². The maximum Gasteiger partial charge on any atom is 0.338 e. The van der Waals surface area contributed by atoms with Crippen LogP contribution in [0.2, 0.25) is 0 Å². The average molecular weight is 377 g/mol. The summed E-state index contributed by atoms with van der Waals surface area (Å²) >= 11 is 0. The highest BCUT2D eigenvalue weighted by Gasteiger charge is 2.21. The van der Waals surface area contributed by atoms with Crippen molar-refractivity contribution in [1.82, 2.24) is 0 Å². The number of benzene rings is 2. The summed E-state index contributed by atoms with van der Waals surface area (Å²) in [5, 5.41) is 2.43. The number of fused-ring (bicyclic) bond motifs is 1. The Labute approximate surface area is 151 Å². The van der Waals surface area contributed by atoms with Crippen LogP contribution in [-0.4, -0.2) is 31.1 Å². The van der Waals surface area contributed by atoms with E-state index in [4.69, 9.17) is 14.2 Å². The molecule has 27 heavy (non-hydrogen) atoms. The molecule has 2 aromatic rings. The number of carbonyl (C=O) groups excluding carboxylic acids is 3. The summed E-state index contributed by atoms with van der Waals surface area (Å²) < 4.78 is 41.4. The van der Waals surface area contributed by atoms with Gasteiger partial charge in [0.05, 0.1) is 11.3 Å². The van der Waals surface area contributed by atoms with Crippen molar-refractivity contribution in [3.63, 3.8) is 0 Å². The first kappa shape index (κ1) is 18.3. The van der Waals surface area contributed by atoms with Gasteiger partial charge in [-0.15, -0.1) is 0 Å². The van der Waals surface area contributed by atoms with Crippen LogP contribution in [0.5, 0.6) is 11.5 Å². The monoisotopic (exact) mass is 377 g/mol. The lowest BCUT2D eigenvalue weighted by molar-refractivity contribution is -0.119. The Morgan fingerprint density at radius 1 is 1.04 bits per heavy atom. The molecule has 0 bridgehead atoms. The highest BCUT2D eigenvalue weighted by molar-refractivity contribution is 6.05. The Kier molecular flexibility index (Phi) is 5.02. The number of esters is 1. The molecular weight excluding hydrogens is 364 g/mol. The summed E-state index contributed by atoms with van der Waals surface area (Å²) in [5.41, 5.74) is -0.0245. The standard InChI is InChI=1S/C18H13F2NO6/c1-9(22)13-5-15-16(27-8-26-15)6-14(13)21-17(23)7-25-18(24)10-2-11(19)4-12(20)3-10/h2-6H,7-8H2,1H3,(H,21,23). The van der Waals surface area contributed by atoms with E-state index < -0.39 is 30.1 Å². The molecule has 0 atom stereocenters. The molecule has 0 fully saturated rings. The fourth-order valence-corrected chi connectivity index (χ4v) is 2.41. The molecule has 0 saturated carbocycles. The molecule has 1 aliphatic heterocycles. The zero-order chi connectivity index (χ0) is 19.6. The van der Waals surface area contributed by atoms with Gasteiger partial charge in [-0.2, -0.15) is 0 Å². The predicted octanol–water partition coefficient (Wildman–Crippen LogP) is 2.69. The minimum Gasteiger partial charge on any atom is -0.454 e. The van der Waals surface area contributed by atoms with Crippen molar-refractivity contribution in [3.05, 3.63) is 53.1 Å². The third-order valence-corrected chi connectivity index (χ3v) is 3.60. The largest absolute Gasteiger partial charge is 0.454 e. The van der Waals surface area contributed by atoms with Crippen molar-refractivity contribution in [2.75, 3.05) is 18.7 Å². The van der Waals surface area contributed by atoms with Crippen LogP contribution in [0.25, 0.3) is 0 Å². The van der Waals surface area contributed by atoms with Gasteiger partial charge in [-0.1, -0.05) is 0 Å². The van der Waals surface area contributed by atoms with E-state index in [0.717, 1.165) is 12.1 Å². The zero-order valence-corrected chi connectivity index (χ0v) is 14.0. The number of carbonyl (C=O) groups is 3. The fourth-order valence-electron chi connectivity index (χ4n) is 2.41. The predicted molar refractivity (Wildman–Crippen MR) is 87.8 cm³/mol. The fraction of sp³-hybridized carbons (Fsp3) is 0.167. The third kappa shape index (κ3) is 4.20. The van der Waals surface area contributed by atoms with Crippen LogP contribution in [0.4, 0.5) is 14.5 Å². The van der Waals surface area contributed by atoms with Crippen LogP contribution in [0.15, 0.2) is 30.3 Å². The first-order valence-corrected chi connectivity index (χ1v) is 7.71. The summed E-state index contributed by atoms with van der Waals surface area (Å²) in [6, 6.07) is 5.03. The van der Waals surface area contributed by atoms with Gasteiger partial charge in [0.1, 0.15) is 11.6 Å². The molecule has 1 N–H and O–H groups in total. The maximum absolute atomic E-state index is 13.1. The summed E-state index contributed by atoms with van der Waals surface area (Å²) in [6.45, 7) is 0.584. The van der Waals surface area contributed by atoms with Crippen molar-refractivity contribution in [2.24, 2.45) is 0 Å². The lowest BCUT2D eigenvalue weighted by Crippen LogP contribution is -2.22. The van der Waals surface area contributed by atoms with Crippen LogP contribution in [0.3, 0.4) is 0 Å². The molecule has 1 aliphatic rings. The van der Waals surface area contributed by atoms with Crippen molar-refractivity contribution < 1.29 is 37.4 Å². The second-order valence-electron chi connectivity index (χ2n) is 5.59. The number of rotatable bonds is 5. The Morgan fingerprint density at radius 2 is 1.67 bits per heavy atom. The second-order valence-corrected chi connectivity index (χ2v) is 5.59. The van der Waals surface area contributed by atoms with E-state index in [1.165, 1.54) is 19.1 Å². The zero-order valence-electron chi connectivity index (χ0n) is 14.0. The molecule has 140 valence electrons. The van der Waals surface area contributed by atoms with Crippen LogP contribution >= 0.6 is 0 Å². The number of anilines is 1. The van der Waals surface area contributed by atoms with E-state index >= 15 is 0 Å². The second kappa shape index (κ2) is 7.40. The van der Waals surface area contributed by atoms with E-state index in [-0.39, 0.29) is 29.4 Å². The van der Waals surface area contributed by atoms with E-state index in [1.807, 2.05) is 0 Å². The maximum atomic E-state index is 13.1. The minimum atomic E-state index is -1.07.